The Morgan fingerprint density at radius 3 is 2.62 bits per heavy atom. The van der Waals surface area contributed by atoms with Crippen LogP contribution in [-0.4, -0.2) is 44.7 Å². The topological polar surface area (TPSA) is 53.6 Å². The number of nitrogens with one attached hydrogen (secondary N) is 2. The molecule has 0 atom stereocenters. The second kappa shape index (κ2) is 6.80. The van der Waals surface area contributed by atoms with Crippen LogP contribution in [0.2, 0.25) is 0 Å². The third kappa shape index (κ3) is 4.36. The molecule has 0 aromatic heterocycles. The lowest BCUT2D eigenvalue weighted by molar-refractivity contribution is -0.121. The van der Waals surface area contributed by atoms with E-state index >= 15 is 0 Å². The van der Waals surface area contributed by atoms with Crippen molar-refractivity contribution >= 4 is 11.6 Å². The molecule has 114 valence electrons. The van der Waals surface area contributed by atoms with E-state index in [4.69, 9.17) is 4.74 Å². The van der Waals surface area contributed by atoms with E-state index in [-0.39, 0.29) is 5.91 Å². The highest BCUT2D eigenvalue weighted by Crippen LogP contribution is 2.20. The molecule has 1 aromatic rings. The summed E-state index contributed by atoms with van der Waals surface area (Å²) in [7, 11) is 0. The van der Waals surface area contributed by atoms with Gasteiger partial charge in [-0.25, -0.2) is 0 Å². The van der Waals surface area contributed by atoms with Gasteiger partial charge in [0.1, 0.15) is 5.75 Å². The van der Waals surface area contributed by atoms with Crippen LogP contribution in [0.4, 0.5) is 5.69 Å². The van der Waals surface area contributed by atoms with Gasteiger partial charge in [-0.1, -0.05) is 0 Å². The van der Waals surface area contributed by atoms with Crippen molar-refractivity contribution in [2.75, 3.05) is 37.7 Å². The Morgan fingerprint density at radius 2 is 1.95 bits per heavy atom. The molecule has 21 heavy (non-hydrogen) atoms. The summed E-state index contributed by atoms with van der Waals surface area (Å²) >= 11 is 0. The number of hydrogen-bond donors (Lipinski definition) is 2. The van der Waals surface area contributed by atoms with Crippen LogP contribution in [0.5, 0.6) is 5.75 Å². The molecule has 5 heteroatoms. The van der Waals surface area contributed by atoms with E-state index in [9.17, 15) is 4.79 Å². The molecule has 1 aliphatic carbocycles. The molecule has 0 radical (unpaired) electrons. The molecule has 0 unspecified atom stereocenters. The van der Waals surface area contributed by atoms with E-state index in [0.29, 0.717) is 19.1 Å². The lowest BCUT2D eigenvalue weighted by atomic mass is 10.2. The van der Waals surface area contributed by atoms with Crippen molar-refractivity contribution in [2.24, 2.45) is 0 Å². The molecule has 1 saturated carbocycles. The van der Waals surface area contributed by atoms with Crippen LogP contribution >= 0.6 is 0 Å². The normalized spacial score (nSPS) is 18.4. The molecule has 3 rings (SSSR count). The molecular weight excluding hydrogens is 266 g/mol. The van der Waals surface area contributed by atoms with Crippen molar-refractivity contribution in [3.05, 3.63) is 24.3 Å². The Bertz CT molecular complexity index is 465. The average molecular weight is 289 g/mol. The molecule has 2 N–H and O–H groups in total. The van der Waals surface area contributed by atoms with Gasteiger partial charge in [0, 0.05) is 37.9 Å². The highest BCUT2D eigenvalue weighted by Gasteiger charge is 2.22. The van der Waals surface area contributed by atoms with Crippen molar-refractivity contribution in [3.8, 4) is 5.75 Å². The van der Waals surface area contributed by atoms with Gasteiger partial charge in [-0.15, -0.1) is 0 Å². The Labute approximate surface area is 125 Å². The minimum atomic E-state index is 0.0925. The number of anilines is 1. The van der Waals surface area contributed by atoms with Crippen LogP contribution in [0.15, 0.2) is 24.3 Å². The van der Waals surface area contributed by atoms with Crippen LogP contribution in [0.3, 0.4) is 0 Å². The predicted octanol–water partition coefficient (Wildman–Crippen LogP) is 1.14. The first-order valence-corrected chi connectivity index (χ1v) is 7.79. The van der Waals surface area contributed by atoms with Crippen LogP contribution in [0, 0.1) is 0 Å². The number of hydrogen-bond acceptors (Lipinski definition) is 4. The molecule has 2 fully saturated rings. The second-order valence-electron chi connectivity index (χ2n) is 5.67. The lowest BCUT2D eigenvalue weighted by Gasteiger charge is -2.29. The van der Waals surface area contributed by atoms with E-state index in [2.05, 4.69) is 27.7 Å². The number of carbonyl (C=O) groups excluding carboxylic acids is 1. The smallest absolute Gasteiger partial charge is 0.223 e. The highest BCUT2D eigenvalue weighted by atomic mass is 16.5. The zero-order chi connectivity index (χ0) is 14.5. The number of benzene rings is 1. The Kier molecular flexibility index (Phi) is 4.60. The number of carbonyl (C=O) groups is 1. The molecule has 1 heterocycles. The van der Waals surface area contributed by atoms with Crippen LogP contribution in [0.1, 0.15) is 19.3 Å². The van der Waals surface area contributed by atoms with Crippen molar-refractivity contribution in [1.29, 1.82) is 0 Å². The maximum absolute atomic E-state index is 11.5. The Hall–Kier alpha value is -1.75. The number of rotatable bonds is 6. The first kappa shape index (κ1) is 14.2. The zero-order valence-corrected chi connectivity index (χ0v) is 12.3. The fourth-order valence-electron chi connectivity index (χ4n) is 2.47. The fraction of sp³-hybridized carbons (Fsp3) is 0.562. The van der Waals surface area contributed by atoms with Gasteiger partial charge >= 0.3 is 0 Å². The summed E-state index contributed by atoms with van der Waals surface area (Å²) in [6.07, 6.45) is 2.68. The monoisotopic (exact) mass is 289 g/mol. The van der Waals surface area contributed by atoms with Gasteiger partial charge < -0.3 is 20.3 Å². The largest absolute Gasteiger partial charge is 0.493 e. The maximum Gasteiger partial charge on any atom is 0.223 e. The van der Waals surface area contributed by atoms with E-state index in [1.54, 1.807) is 0 Å². The molecule has 5 nitrogen and oxygen atoms in total. The quantitative estimate of drug-likeness (QED) is 0.825. The summed E-state index contributed by atoms with van der Waals surface area (Å²) < 4.78 is 5.63. The maximum atomic E-state index is 11.5. The third-order valence-electron chi connectivity index (χ3n) is 3.86. The Balaban J connectivity index is 1.42. The van der Waals surface area contributed by atoms with Crippen LogP contribution in [-0.2, 0) is 4.79 Å². The zero-order valence-electron chi connectivity index (χ0n) is 12.3. The molecule has 1 saturated heterocycles. The first-order valence-electron chi connectivity index (χ1n) is 7.79. The molecular formula is C16H23N3O2. The second-order valence-corrected chi connectivity index (χ2v) is 5.67. The van der Waals surface area contributed by atoms with Crippen molar-refractivity contribution in [3.63, 3.8) is 0 Å². The van der Waals surface area contributed by atoms with Gasteiger partial charge in [-0.3, -0.25) is 4.79 Å². The van der Waals surface area contributed by atoms with Gasteiger partial charge in [0.15, 0.2) is 0 Å². The number of amides is 1. The van der Waals surface area contributed by atoms with Crippen LogP contribution in [0.25, 0.3) is 0 Å². The standard InChI is InChI=1S/C16H23N3O2/c20-16(18-13-1-2-13)7-12-21-15-5-3-14(4-6-15)19-10-8-17-9-11-19/h3-6,13,17H,1-2,7-12H2,(H,18,20). The van der Waals surface area contributed by atoms with E-state index in [0.717, 1.165) is 44.8 Å². The molecule has 2 aliphatic rings. The molecule has 0 bridgehead atoms. The molecule has 0 spiro atoms. The summed E-state index contributed by atoms with van der Waals surface area (Å²) in [5.74, 6) is 0.919. The Morgan fingerprint density at radius 1 is 1.24 bits per heavy atom. The lowest BCUT2D eigenvalue weighted by Crippen LogP contribution is -2.43. The highest BCUT2D eigenvalue weighted by molar-refractivity contribution is 5.76. The van der Waals surface area contributed by atoms with Gasteiger partial charge in [-0.05, 0) is 37.1 Å². The summed E-state index contributed by atoms with van der Waals surface area (Å²) in [6, 6.07) is 8.57. The predicted molar refractivity (Wildman–Crippen MR) is 82.8 cm³/mol. The van der Waals surface area contributed by atoms with Gasteiger partial charge in [0.2, 0.25) is 5.91 Å². The van der Waals surface area contributed by atoms with Crippen molar-refractivity contribution in [1.82, 2.24) is 10.6 Å². The van der Waals surface area contributed by atoms with E-state index in [1.807, 2.05) is 12.1 Å². The summed E-state index contributed by atoms with van der Waals surface area (Å²) in [4.78, 5) is 13.9. The average Bonchev–Trinajstić information content (AvgIpc) is 3.33. The van der Waals surface area contributed by atoms with Crippen molar-refractivity contribution < 1.29 is 9.53 Å². The van der Waals surface area contributed by atoms with Crippen molar-refractivity contribution in [2.45, 2.75) is 25.3 Å². The van der Waals surface area contributed by atoms with Crippen LogP contribution < -0.4 is 20.3 Å². The first-order chi connectivity index (χ1) is 10.3. The minimum Gasteiger partial charge on any atom is -0.493 e. The van der Waals surface area contributed by atoms with Gasteiger partial charge in [0.25, 0.3) is 0 Å². The van der Waals surface area contributed by atoms with Gasteiger partial charge in [0.05, 0.1) is 13.0 Å². The molecule has 1 aromatic carbocycles. The summed E-state index contributed by atoms with van der Waals surface area (Å²) in [5.41, 5.74) is 1.23. The summed E-state index contributed by atoms with van der Waals surface area (Å²) in [6.45, 7) is 4.59. The molecule has 1 aliphatic heterocycles. The number of nitrogens with zero attached hydrogens (tertiary/aromatic N) is 1. The SMILES string of the molecule is O=C(CCOc1ccc(N2CCNCC2)cc1)NC1CC1. The number of piperazine rings is 1. The van der Waals surface area contributed by atoms with E-state index in [1.165, 1.54) is 5.69 Å². The fourth-order valence-corrected chi connectivity index (χ4v) is 2.47. The summed E-state index contributed by atoms with van der Waals surface area (Å²) in [5, 5.41) is 6.31. The van der Waals surface area contributed by atoms with Gasteiger partial charge in [-0.2, -0.15) is 0 Å². The van der Waals surface area contributed by atoms with E-state index < -0.39 is 0 Å². The minimum absolute atomic E-state index is 0.0925. The molecule has 1 amide bonds. The number of ether oxygens (including phenoxy) is 1. The third-order valence-corrected chi connectivity index (χ3v) is 3.86.